The number of nitrogens with one attached hydrogen (secondary N) is 1. The molecule has 0 aromatic heterocycles. The van der Waals surface area contributed by atoms with Gasteiger partial charge in [-0.3, -0.25) is 0 Å². The smallest absolute Gasteiger partial charge is 0.0137 e. The first kappa shape index (κ1) is 10.1. The van der Waals surface area contributed by atoms with E-state index in [0.29, 0.717) is 0 Å². The molecule has 0 radical (unpaired) electrons. The monoisotopic (exact) mass is 185 g/mol. The maximum absolute atomic E-state index is 3.55. The Kier molecular flexibility index (Phi) is 4.77. The lowest BCUT2D eigenvalue weighted by Crippen LogP contribution is -2.26. The van der Waals surface area contributed by atoms with Crippen LogP contribution in [0, 0.1) is 0 Å². The highest BCUT2D eigenvalue weighted by Crippen LogP contribution is 2.27. The molecule has 1 N–H and O–H groups in total. The van der Waals surface area contributed by atoms with E-state index in [1.54, 1.807) is 0 Å². The average molecular weight is 185 g/mol. The van der Waals surface area contributed by atoms with Crippen molar-refractivity contribution in [2.45, 2.75) is 37.5 Å². The number of allylic oxidation sites excluding steroid dienone is 1. The average Bonchev–Trinajstić information content (AvgIpc) is 2.53. The molecule has 2 atom stereocenters. The molecule has 0 bridgehead atoms. The first-order valence-electron chi connectivity index (χ1n) is 4.74. The lowest BCUT2D eigenvalue weighted by Gasteiger charge is -2.10. The van der Waals surface area contributed by atoms with Crippen LogP contribution in [0.5, 0.6) is 0 Å². The van der Waals surface area contributed by atoms with Crippen molar-refractivity contribution in [1.82, 2.24) is 5.32 Å². The van der Waals surface area contributed by atoms with E-state index in [1.807, 2.05) is 11.8 Å². The normalized spacial score (nSPS) is 30.2. The Morgan fingerprint density at radius 2 is 2.33 bits per heavy atom. The fourth-order valence-corrected chi connectivity index (χ4v) is 2.49. The van der Waals surface area contributed by atoms with Crippen molar-refractivity contribution in [3.63, 3.8) is 0 Å². The van der Waals surface area contributed by atoms with E-state index in [-0.39, 0.29) is 0 Å². The molecule has 0 aromatic rings. The molecular weight excluding hydrogens is 166 g/mol. The van der Waals surface area contributed by atoms with Crippen LogP contribution in [-0.4, -0.2) is 24.1 Å². The molecule has 12 heavy (non-hydrogen) atoms. The molecule has 2 heteroatoms. The Hall–Kier alpha value is 0.0500. The first-order chi connectivity index (χ1) is 5.86. The maximum atomic E-state index is 3.55. The molecule has 70 valence electrons. The van der Waals surface area contributed by atoms with Crippen LogP contribution in [0.25, 0.3) is 0 Å². The Morgan fingerprint density at radius 3 is 2.92 bits per heavy atom. The molecule has 0 spiro atoms. The summed E-state index contributed by atoms with van der Waals surface area (Å²) in [6.07, 6.45) is 10.6. The minimum atomic E-state index is 0.777. The van der Waals surface area contributed by atoms with E-state index in [2.05, 4.69) is 30.6 Å². The summed E-state index contributed by atoms with van der Waals surface area (Å²) >= 11 is 2.02. The van der Waals surface area contributed by atoms with Gasteiger partial charge in [-0.15, -0.1) is 0 Å². The molecule has 1 aliphatic rings. The Balaban J connectivity index is 2.10. The summed E-state index contributed by atoms with van der Waals surface area (Å²) in [4.78, 5) is 0. The second-order valence-electron chi connectivity index (χ2n) is 3.34. The molecule has 1 aliphatic carbocycles. The van der Waals surface area contributed by atoms with Crippen molar-refractivity contribution in [2.75, 3.05) is 12.8 Å². The summed E-state index contributed by atoms with van der Waals surface area (Å²) in [5, 5.41) is 4.46. The van der Waals surface area contributed by atoms with Gasteiger partial charge in [0, 0.05) is 17.8 Å². The minimum absolute atomic E-state index is 0.777. The predicted molar refractivity (Wildman–Crippen MR) is 57.8 cm³/mol. The molecule has 0 heterocycles. The third-order valence-electron chi connectivity index (χ3n) is 2.48. The van der Waals surface area contributed by atoms with Crippen molar-refractivity contribution >= 4 is 11.8 Å². The first-order valence-corrected chi connectivity index (χ1v) is 6.03. The van der Waals surface area contributed by atoms with Crippen molar-refractivity contribution in [3.8, 4) is 0 Å². The van der Waals surface area contributed by atoms with Gasteiger partial charge in [0.05, 0.1) is 0 Å². The fourth-order valence-electron chi connectivity index (χ4n) is 1.69. The second kappa shape index (κ2) is 5.65. The van der Waals surface area contributed by atoms with Crippen LogP contribution < -0.4 is 5.32 Å². The molecule has 1 fully saturated rings. The summed E-state index contributed by atoms with van der Waals surface area (Å²) in [5.74, 6) is 0. The number of thioether (sulfide) groups is 1. The van der Waals surface area contributed by atoms with Crippen LogP contribution in [-0.2, 0) is 0 Å². The highest BCUT2D eigenvalue weighted by atomic mass is 32.2. The lowest BCUT2D eigenvalue weighted by molar-refractivity contribution is 0.557. The summed E-state index contributed by atoms with van der Waals surface area (Å²) in [7, 11) is 0. The van der Waals surface area contributed by atoms with Crippen LogP contribution in [0.3, 0.4) is 0 Å². The molecule has 2 unspecified atom stereocenters. The van der Waals surface area contributed by atoms with Gasteiger partial charge in [0.2, 0.25) is 0 Å². The third kappa shape index (κ3) is 3.20. The summed E-state index contributed by atoms with van der Waals surface area (Å²) < 4.78 is 0. The molecule has 0 amide bonds. The van der Waals surface area contributed by atoms with Gasteiger partial charge in [-0.1, -0.05) is 12.2 Å². The van der Waals surface area contributed by atoms with E-state index in [1.165, 1.54) is 19.3 Å². The summed E-state index contributed by atoms with van der Waals surface area (Å²) in [5.41, 5.74) is 0. The van der Waals surface area contributed by atoms with Crippen LogP contribution in [0.4, 0.5) is 0 Å². The van der Waals surface area contributed by atoms with Crippen molar-refractivity contribution in [2.24, 2.45) is 0 Å². The number of rotatable bonds is 4. The second-order valence-corrected chi connectivity index (χ2v) is 4.48. The molecule has 1 saturated carbocycles. The van der Waals surface area contributed by atoms with Crippen LogP contribution >= 0.6 is 11.8 Å². The van der Waals surface area contributed by atoms with E-state index in [0.717, 1.165) is 17.8 Å². The molecular formula is C10H19NS. The lowest BCUT2D eigenvalue weighted by atomic mass is 10.2. The zero-order valence-electron chi connectivity index (χ0n) is 8.05. The van der Waals surface area contributed by atoms with Crippen molar-refractivity contribution in [1.29, 1.82) is 0 Å². The van der Waals surface area contributed by atoms with Crippen LogP contribution in [0.1, 0.15) is 26.2 Å². The highest BCUT2D eigenvalue weighted by molar-refractivity contribution is 7.99. The number of hydrogen-bond donors (Lipinski definition) is 1. The summed E-state index contributed by atoms with van der Waals surface area (Å²) in [6, 6.07) is 0.777. The summed E-state index contributed by atoms with van der Waals surface area (Å²) in [6.45, 7) is 3.11. The number of hydrogen-bond acceptors (Lipinski definition) is 2. The van der Waals surface area contributed by atoms with Crippen molar-refractivity contribution < 1.29 is 0 Å². The zero-order chi connectivity index (χ0) is 8.81. The SMILES string of the molecule is C/C=C/CNC1CCC(SC)C1. The Morgan fingerprint density at radius 1 is 1.50 bits per heavy atom. The van der Waals surface area contributed by atoms with Crippen LogP contribution in [0.15, 0.2) is 12.2 Å². The van der Waals surface area contributed by atoms with Crippen molar-refractivity contribution in [3.05, 3.63) is 12.2 Å². The van der Waals surface area contributed by atoms with E-state index in [4.69, 9.17) is 0 Å². The molecule has 1 nitrogen and oxygen atoms in total. The fraction of sp³-hybridized carbons (Fsp3) is 0.800. The quantitative estimate of drug-likeness (QED) is 0.675. The van der Waals surface area contributed by atoms with E-state index < -0.39 is 0 Å². The van der Waals surface area contributed by atoms with Gasteiger partial charge in [0.15, 0.2) is 0 Å². The zero-order valence-corrected chi connectivity index (χ0v) is 8.86. The molecule has 0 saturated heterocycles. The van der Waals surface area contributed by atoms with E-state index in [9.17, 15) is 0 Å². The molecule has 0 aromatic carbocycles. The highest BCUT2D eigenvalue weighted by Gasteiger charge is 2.22. The Labute approximate surface area is 80.0 Å². The van der Waals surface area contributed by atoms with Gasteiger partial charge in [0.1, 0.15) is 0 Å². The standard InChI is InChI=1S/C10H19NS/c1-3-4-7-11-9-5-6-10(8-9)12-2/h3-4,9-11H,5-8H2,1-2H3/b4-3+. The van der Waals surface area contributed by atoms with Crippen LogP contribution in [0.2, 0.25) is 0 Å². The van der Waals surface area contributed by atoms with E-state index >= 15 is 0 Å². The largest absolute Gasteiger partial charge is 0.310 e. The minimum Gasteiger partial charge on any atom is -0.310 e. The maximum Gasteiger partial charge on any atom is 0.0137 e. The molecule has 0 aliphatic heterocycles. The third-order valence-corrected chi connectivity index (χ3v) is 3.57. The van der Waals surface area contributed by atoms with Gasteiger partial charge in [-0.05, 0) is 32.4 Å². The van der Waals surface area contributed by atoms with Gasteiger partial charge in [-0.2, -0.15) is 11.8 Å². The van der Waals surface area contributed by atoms with Gasteiger partial charge < -0.3 is 5.32 Å². The topological polar surface area (TPSA) is 12.0 Å². The molecule has 1 rings (SSSR count). The Bertz CT molecular complexity index is 145. The van der Waals surface area contributed by atoms with Gasteiger partial charge >= 0.3 is 0 Å². The predicted octanol–water partition coefficient (Wildman–Crippen LogP) is 2.44. The van der Waals surface area contributed by atoms with Gasteiger partial charge in [0.25, 0.3) is 0 Å². The van der Waals surface area contributed by atoms with Gasteiger partial charge in [-0.25, -0.2) is 0 Å².